The van der Waals surface area contributed by atoms with E-state index in [-0.39, 0.29) is 5.78 Å². The second-order valence-electron chi connectivity index (χ2n) is 5.45. The lowest BCUT2D eigenvalue weighted by Gasteiger charge is -2.27. The Bertz CT molecular complexity index is 689. The van der Waals surface area contributed by atoms with Crippen LogP contribution in [-0.4, -0.2) is 10.9 Å². The fraction of sp³-hybridized carbons (Fsp3) is 0.235. The number of benzene rings is 2. The van der Waals surface area contributed by atoms with Gasteiger partial charge in [-0.2, -0.15) is 0 Å². The van der Waals surface area contributed by atoms with Crippen molar-refractivity contribution in [3.63, 3.8) is 0 Å². The number of carbonyl (C=O) groups is 1. The number of aliphatic hydroxyl groups is 1. The quantitative estimate of drug-likeness (QED) is 0.780. The van der Waals surface area contributed by atoms with E-state index < -0.39 is 11.5 Å². The summed E-state index contributed by atoms with van der Waals surface area (Å²) in [6, 6.07) is 15.5. The van der Waals surface area contributed by atoms with Crippen molar-refractivity contribution in [2.75, 3.05) is 0 Å². The van der Waals surface area contributed by atoms with Gasteiger partial charge in [-0.15, -0.1) is 0 Å². The van der Waals surface area contributed by atoms with Crippen LogP contribution in [0.25, 0.3) is 0 Å². The maximum absolute atomic E-state index is 12.8. The predicted octanol–water partition coefficient (Wildman–Crippen LogP) is 2.80. The summed E-state index contributed by atoms with van der Waals surface area (Å²) in [7, 11) is 0. The lowest BCUT2D eigenvalue weighted by Crippen LogP contribution is -2.34. The van der Waals surface area contributed by atoms with Gasteiger partial charge in [-0.1, -0.05) is 48.5 Å². The zero-order valence-corrected chi connectivity index (χ0v) is 10.5. The minimum absolute atomic E-state index is 0.0838. The normalized spacial score (nSPS) is 27.6. The van der Waals surface area contributed by atoms with E-state index in [2.05, 4.69) is 6.07 Å². The molecule has 0 bridgehead atoms. The molecule has 19 heavy (non-hydrogen) atoms. The minimum Gasteiger partial charge on any atom is -0.387 e. The minimum atomic E-state index is -0.736. The molecule has 0 saturated heterocycles. The molecule has 1 spiro atoms. The highest BCUT2D eigenvalue weighted by atomic mass is 16.3. The van der Waals surface area contributed by atoms with Crippen molar-refractivity contribution in [3.8, 4) is 0 Å². The Kier molecular flexibility index (Phi) is 2.04. The number of hydrogen-bond acceptors (Lipinski definition) is 2. The molecule has 94 valence electrons. The summed E-state index contributed by atoms with van der Waals surface area (Å²) in [4.78, 5) is 12.8. The van der Waals surface area contributed by atoms with Crippen LogP contribution in [0.15, 0.2) is 48.5 Å². The van der Waals surface area contributed by atoms with Crippen LogP contribution in [0.3, 0.4) is 0 Å². The van der Waals surface area contributed by atoms with Crippen LogP contribution in [0.5, 0.6) is 0 Å². The molecular formula is C17H14O2. The number of hydrogen-bond donors (Lipinski definition) is 1. The molecule has 0 heterocycles. The summed E-state index contributed by atoms with van der Waals surface area (Å²) in [5, 5.41) is 10.7. The van der Waals surface area contributed by atoms with E-state index in [9.17, 15) is 9.90 Å². The molecule has 0 saturated carbocycles. The van der Waals surface area contributed by atoms with Crippen molar-refractivity contribution in [2.45, 2.75) is 24.4 Å². The Hall–Kier alpha value is -1.93. The van der Waals surface area contributed by atoms with E-state index in [4.69, 9.17) is 0 Å². The molecule has 2 heteroatoms. The molecule has 2 aromatic carbocycles. The van der Waals surface area contributed by atoms with Gasteiger partial charge < -0.3 is 5.11 Å². The zero-order chi connectivity index (χ0) is 13.0. The van der Waals surface area contributed by atoms with Crippen molar-refractivity contribution in [2.24, 2.45) is 0 Å². The lowest BCUT2D eigenvalue weighted by molar-refractivity contribution is 0.0639. The highest BCUT2D eigenvalue weighted by molar-refractivity contribution is 6.09. The van der Waals surface area contributed by atoms with E-state index in [1.165, 1.54) is 5.56 Å². The standard InChI is InChI=1S/C17H14O2/c18-15-12-6-2-3-7-13(12)16(19)17(15)10-9-11-5-1-4-8-14(11)17/h1-8,15,18H,9-10H2/t15-,17-/m0/s1. The second-order valence-corrected chi connectivity index (χ2v) is 5.45. The van der Waals surface area contributed by atoms with Gasteiger partial charge in [0.2, 0.25) is 0 Å². The molecule has 2 aliphatic rings. The zero-order valence-electron chi connectivity index (χ0n) is 10.5. The number of ketones is 1. The third-order valence-corrected chi connectivity index (χ3v) is 4.66. The van der Waals surface area contributed by atoms with E-state index in [0.29, 0.717) is 12.0 Å². The Morgan fingerprint density at radius 1 is 1.05 bits per heavy atom. The van der Waals surface area contributed by atoms with Gasteiger partial charge >= 0.3 is 0 Å². The van der Waals surface area contributed by atoms with Gasteiger partial charge in [0.1, 0.15) is 0 Å². The van der Waals surface area contributed by atoms with Crippen molar-refractivity contribution in [3.05, 3.63) is 70.8 Å². The molecule has 0 fully saturated rings. The molecule has 2 aromatic rings. The molecular weight excluding hydrogens is 236 g/mol. The van der Waals surface area contributed by atoms with Crippen LogP contribution in [0.2, 0.25) is 0 Å². The first-order chi connectivity index (χ1) is 9.25. The van der Waals surface area contributed by atoms with Crippen LogP contribution < -0.4 is 0 Å². The van der Waals surface area contributed by atoms with Gasteiger partial charge in [0.15, 0.2) is 5.78 Å². The highest BCUT2D eigenvalue weighted by Gasteiger charge is 2.56. The van der Waals surface area contributed by atoms with Crippen LogP contribution in [0.1, 0.15) is 39.6 Å². The molecule has 2 aliphatic carbocycles. The summed E-state index contributed by atoms with van der Waals surface area (Å²) >= 11 is 0. The number of rotatable bonds is 0. The Balaban J connectivity index is 1.98. The maximum Gasteiger partial charge on any atom is 0.176 e. The van der Waals surface area contributed by atoms with Gasteiger partial charge in [-0.05, 0) is 29.5 Å². The van der Waals surface area contributed by atoms with Gasteiger partial charge in [-0.25, -0.2) is 0 Å². The fourth-order valence-corrected chi connectivity index (χ4v) is 3.73. The Morgan fingerprint density at radius 3 is 2.63 bits per heavy atom. The maximum atomic E-state index is 12.8. The molecule has 4 rings (SSSR count). The van der Waals surface area contributed by atoms with E-state index in [0.717, 1.165) is 17.5 Å². The first kappa shape index (κ1) is 10.9. The number of aryl methyl sites for hydroxylation is 1. The van der Waals surface area contributed by atoms with Gasteiger partial charge in [0.05, 0.1) is 11.5 Å². The lowest BCUT2D eigenvalue weighted by atomic mass is 9.76. The smallest absolute Gasteiger partial charge is 0.176 e. The second kappa shape index (κ2) is 3.55. The third-order valence-electron chi connectivity index (χ3n) is 4.66. The third kappa shape index (κ3) is 1.17. The monoisotopic (exact) mass is 250 g/mol. The topological polar surface area (TPSA) is 37.3 Å². The first-order valence-electron chi connectivity index (χ1n) is 6.65. The number of fused-ring (bicyclic) bond motifs is 3. The van der Waals surface area contributed by atoms with Crippen molar-refractivity contribution in [1.82, 2.24) is 0 Å². The van der Waals surface area contributed by atoms with Crippen molar-refractivity contribution < 1.29 is 9.90 Å². The largest absolute Gasteiger partial charge is 0.387 e. The average Bonchev–Trinajstić information content (AvgIpc) is 2.95. The number of aliphatic hydroxyl groups excluding tert-OH is 1. The van der Waals surface area contributed by atoms with E-state index in [1.807, 2.05) is 42.5 Å². The summed E-state index contributed by atoms with van der Waals surface area (Å²) in [6.07, 6.45) is 0.869. The van der Waals surface area contributed by atoms with E-state index >= 15 is 0 Å². The van der Waals surface area contributed by atoms with Gasteiger partial charge in [0.25, 0.3) is 0 Å². The fourth-order valence-electron chi connectivity index (χ4n) is 3.73. The summed E-state index contributed by atoms with van der Waals surface area (Å²) < 4.78 is 0. The Labute approximate surface area is 111 Å². The predicted molar refractivity (Wildman–Crippen MR) is 72.2 cm³/mol. The van der Waals surface area contributed by atoms with Gasteiger partial charge in [-0.3, -0.25) is 4.79 Å². The summed E-state index contributed by atoms with van der Waals surface area (Å²) in [5.41, 5.74) is 2.95. The molecule has 0 unspecified atom stereocenters. The summed E-state index contributed by atoms with van der Waals surface area (Å²) in [5.74, 6) is 0.0838. The summed E-state index contributed by atoms with van der Waals surface area (Å²) in [6.45, 7) is 0. The Morgan fingerprint density at radius 2 is 1.79 bits per heavy atom. The van der Waals surface area contributed by atoms with E-state index in [1.54, 1.807) is 0 Å². The average molecular weight is 250 g/mol. The molecule has 0 aromatic heterocycles. The van der Waals surface area contributed by atoms with Gasteiger partial charge in [0, 0.05) is 5.56 Å². The van der Waals surface area contributed by atoms with Crippen molar-refractivity contribution >= 4 is 5.78 Å². The highest BCUT2D eigenvalue weighted by Crippen LogP contribution is 2.54. The SMILES string of the molecule is O=C1c2ccccc2[C@H](O)[C@@]12CCc1ccccc12. The molecule has 0 amide bonds. The molecule has 0 aliphatic heterocycles. The van der Waals surface area contributed by atoms with Crippen molar-refractivity contribution in [1.29, 1.82) is 0 Å². The molecule has 2 nitrogen and oxygen atoms in total. The van der Waals surface area contributed by atoms with Crippen LogP contribution in [-0.2, 0) is 11.8 Å². The number of Topliss-reactive ketones (excluding diaryl/α,β-unsaturated/α-hetero) is 1. The van der Waals surface area contributed by atoms with Crippen LogP contribution in [0, 0.1) is 0 Å². The molecule has 0 radical (unpaired) electrons. The van der Waals surface area contributed by atoms with Crippen LogP contribution >= 0.6 is 0 Å². The molecule has 1 N–H and O–H groups in total. The molecule has 2 atom stereocenters. The number of carbonyl (C=O) groups excluding carboxylic acids is 1. The first-order valence-corrected chi connectivity index (χ1v) is 6.65. The van der Waals surface area contributed by atoms with Crippen LogP contribution in [0.4, 0.5) is 0 Å².